The van der Waals surface area contributed by atoms with E-state index >= 15 is 0 Å². The fraction of sp³-hybridized carbons (Fsp3) is 0.857. The maximum atomic E-state index is 11.1. The summed E-state index contributed by atoms with van der Waals surface area (Å²) in [4.78, 5) is 12.8. The minimum absolute atomic E-state index is 0.0713. The van der Waals surface area contributed by atoms with E-state index in [0.29, 0.717) is 6.54 Å². The number of aliphatic hydroxyl groups is 1. The van der Waals surface area contributed by atoms with Crippen LogP contribution in [0.2, 0.25) is 0 Å². The molecule has 0 aromatic carbocycles. The molecule has 1 rings (SSSR count). The van der Waals surface area contributed by atoms with Gasteiger partial charge in [0.2, 0.25) is 5.91 Å². The van der Waals surface area contributed by atoms with Crippen LogP contribution in [0.15, 0.2) is 0 Å². The average Bonchev–Trinajstić information content (AvgIpc) is 1.87. The molecule has 1 amide bonds. The lowest BCUT2D eigenvalue weighted by atomic mass is 9.83. The van der Waals surface area contributed by atoms with Crippen LogP contribution in [0.4, 0.5) is 0 Å². The molecule has 3 nitrogen and oxygen atoms in total. The molecule has 10 heavy (non-hydrogen) atoms. The van der Waals surface area contributed by atoms with Gasteiger partial charge in [0.1, 0.15) is 0 Å². The fourth-order valence-electron chi connectivity index (χ4n) is 1.25. The van der Waals surface area contributed by atoms with Crippen molar-refractivity contribution in [3.05, 3.63) is 0 Å². The standard InChI is InChI=1S/C7H13NO2/c1-7(2)5-8(3-4-9)6(7)10/h9H,3-5H2,1-2H3. The number of rotatable bonds is 2. The normalized spacial score (nSPS) is 22.7. The molecule has 58 valence electrons. The molecular formula is C7H13NO2. The van der Waals surface area contributed by atoms with Gasteiger partial charge in [0, 0.05) is 13.1 Å². The quantitative estimate of drug-likeness (QED) is 0.546. The molecule has 0 unspecified atom stereocenters. The molecule has 1 fully saturated rings. The van der Waals surface area contributed by atoms with Gasteiger partial charge in [0.15, 0.2) is 0 Å². The van der Waals surface area contributed by atoms with E-state index < -0.39 is 0 Å². The second-order valence-electron chi connectivity index (χ2n) is 3.33. The van der Waals surface area contributed by atoms with E-state index in [2.05, 4.69) is 0 Å². The van der Waals surface area contributed by atoms with Crippen molar-refractivity contribution in [2.24, 2.45) is 5.41 Å². The van der Waals surface area contributed by atoms with Gasteiger partial charge in [-0.1, -0.05) is 0 Å². The summed E-state index contributed by atoms with van der Waals surface area (Å²) in [6.45, 7) is 5.18. The molecule has 3 heteroatoms. The highest BCUT2D eigenvalue weighted by atomic mass is 16.3. The molecule has 0 aliphatic carbocycles. The minimum atomic E-state index is -0.171. The Hall–Kier alpha value is -0.570. The first-order valence-electron chi connectivity index (χ1n) is 3.48. The topological polar surface area (TPSA) is 40.5 Å². The largest absolute Gasteiger partial charge is 0.395 e. The maximum Gasteiger partial charge on any atom is 0.230 e. The van der Waals surface area contributed by atoms with Gasteiger partial charge in [-0.2, -0.15) is 0 Å². The lowest BCUT2D eigenvalue weighted by Crippen LogP contribution is -2.58. The summed E-state index contributed by atoms with van der Waals surface area (Å²) in [5.41, 5.74) is -0.171. The number of β-lactam (4-membered cyclic amide) rings is 1. The predicted molar refractivity (Wildman–Crippen MR) is 37.4 cm³/mol. The zero-order valence-corrected chi connectivity index (χ0v) is 6.42. The third-order valence-corrected chi connectivity index (χ3v) is 1.82. The molecule has 1 heterocycles. The van der Waals surface area contributed by atoms with Gasteiger partial charge in [-0.05, 0) is 13.8 Å². The van der Waals surface area contributed by atoms with Crippen LogP contribution in [-0.4, -0.2) is 35.6 Å². The number of carbonyl (C=O) groups excluding carboxylic acids is 1. The van der Waals surface area contributed by atoms with Crippen molar-refractivity contribution in [1.82, 2.24) is 4.90 Å². The van der Waals surface area contributed by atoms with Crippen LogP contribution in [0.1, 0.15) is 13.8 Å². The van der Waals surface area contributed by atoms with Crippen molar-refractivity contribution in [1.29, 1.82) is 0 Å². The summed E-state index contributed by atoms with van der Waals surface area (Å²) in [6.07, 6.45) is 0. The first-order chi connectivity index (χ1) is 4.58. The molecule has 1 aliphatic rings. The molecule has 0 saturated carbocycles. The summed E-state index contributed by atoms with van der Waals surface area (Å²) >= 11 is 0. The van der Waals surface area contributed by atoms with Gasteiger partial charge in [-0.3, -0.25) is 4.79 Å². The summed E-state index contributed by atoms with van der Waals surface area (Å²) in [7, 11) is 0. The molecule has 0 spiro atoms. The maximum absolute atomic E-state index is 11.1. The third-order valence-electron chi connectivity index (χ3n) is 1.82. The van der Waals surface area contributed by atoms with Crippen molar-refractivity contribution >= 4 is 5.91 Å². The van der Waals surface area contributed by atoms with E-state index in [0.717, 1.165) is 6.54 Å². The Labute approximate surface area is 60.6 Å². The van der Waals surface area contributed by atoms with Crippen LogP contribution in [0.3, 0.4) is 0 Å². The SMILES string of the molecule is CC1(C)CN(CCO)C1=O. The molecule has 0 aromatic rings. The number of hydrogen-bond acceptors (Lipinski definition) is 2. The zero-order valence-electron chi connectivity index (χ0n) is 6.42. The Balaban J connectivity index is 2.40. The van der Waals surface area contributed by atoms with Crippen molar-refractivity contribution in [2.45, 2.75) is 13.8 Å². The minimum Gasteiger partial charge on any atom is -0.395 e. The Morgan fingerprint density at radius 1 is 1.70 bits per heavy atom. The van der Waals surface area contributed by atoms with Crippen LogP contribution < -0.4 is 0 Å². The van der Waals surface area contributed by atoms with E-state index in [1.807, 2.05) is 13.8 Å². The summed E-state index contributed by atoms with van der Waals surface area (Å²) in [5.74, 6) is 0.154. The van der Waals surface area contributed by atoms with E-state index in [1.165, 1.54) is 0 Å². The van der Waals surface area contributed by atoms with Gasteiger partial charge in [0.05, 0.1) is 12.0 Å². The Kier molecular flexibility index (Phi) is 1.68. The van der Waals surface area contributed by atoms with Gasteiger partial charge >= 0.3 is 0 Å². The Morgan fingerprint density at radius 3 is 2.60 bits per heavy atom. The van der Waals surface area contributed by atoms with Crippen molar-refractivity contribution in [3.8, 4) is 0 Å². The van der Waals surface area contributed by atoms with E-state index in [9.17, 15) is 4.79 Å². The van der Waals surface area contributed by atoms with Crippen LogP contribution in [0.25, 0.3) is 0 Å². The van der Waals surface area contributed by atoms with Crippen molar-refractivity contribution in [2.75, 3.05) is 19.7 Å². The fourth-order valence-corrected chi connectivity index (χ4v) is 1.25. The predicted octanol–water partition coefficient (Wildman–Crippen LogP) is -0.153. The Morgan fingerprint density at radius 2 is 2.30 bits per heavy atom. The van der Waals surface area contributed by atoms with Crippen molar-refractivity contribution < 1.29 is 9.90 Å². The lowest BCUT2D eigenvalue weighted by Gasteiger charge is -2.44. The average molecular weight is 143 g/mol. The van der Waals surface area contributed by atoms with Gasteiger partial charge in [-0.15, -0.1) is 0 Å². The second-order valence-corrected chi connectivity index (χ2v) is 3.33. The second kappa shape index (κ2) is 2.23. The van der Waals surface area contributed by atoms with Crippen LogP contribution in [0, 0.1) is 5.41 Å². The monoisotopic (exact) mass is 143 g/mol. The summed E-state index contributed by atoms with van der Waals surface area (Å²) < 4.78 is 0. The number of β-amino-alcohol motifs (C(OH)–C–C–N with tert-alkyl or cyclic N) is 1. The number of amides is 1. The van der Waals surface area contributed by atoms with E-state index in [4.69, 9.17) is 5.11 Å². The van der Waals surface area contributed by atoms with Gasteiger partial charge in [0.25, 0.3) is 0 Å². The van der Waals surface area contributed by atoms with Gasteiger partial charge < -0.3 is 10.0 Å². The first-order valence-corrected chi connectivity index (χ1v) is 3.48. The van der Waals surface area contributed by atoms with Crippen LogP contribution >= 0.6 is 0 Å². The van der Waals surface area contributed by atoms with Crippen LogP contribution in [0.5, 0.6) is 0 Å². The molecule has 0 bridgehead atoms. The molecule has 1 aliphatic heterocycles. The van der Waals surface area contributed by atoms with Gasteiger partial charge in [-0.25, -0.2) is 0 Å². The smallest absolute Gasteiger partial charge is 0.230 e. The lowest BCUT2D eigenvalue weighted by molar-refractivity contribution is -0.157. The van der Waals surface area contributed by atoms with Crippen molar-refractivity contribution in [3.63, 3.8) is 0 Å². The van der Waals surface area contributed by atoms with Crippen LogP contribution in [-0.2, 0) is 4.79 Å². The molecule has 0 atom stereocenters. The Bertz CT molecular complexity index is 154. The molecule has 1 saturated heterocycles. The molecule has 0 aromatic heterocycles. The number of aliphatic hydroxyl groups excluding tert-OH is 1. The molecule has 1 N–H and O–H groups in total. The van der Waals surface area contributed by atoms with E-state index in [1.54, 1.807) is 4.90 Å². The molecular weight excluding hydrogens is 130 g/mol. The number of hydrogen-bond donors (Lipinski definition) is 1. The highest BCUT2D eigenvalue weighted by Gasteiger charge is 2.43. The highest BCUT2D eigenvalue weighted by molar-refractivity contribution is 5.87. The summed E-state index contributed by atoms with van der Waals surface area (Å²) in [6, 6.07) is 0. The number of nitrogens with zero attached hydrogens (tertiary/aromatic N) is 1. The first kappa shape index (κ1) is 7.54. The number of carbonyl (C=O) groups is 1. The third kappa shape index (κ3) is 1.01. The zero-order chi connectivity index (χ0) is 7.78. The van der Waals surface area contributed by atoms with E-state index in [-0.39, 0.29) is 17.9 Å². The molecule has 0 radical (unpaired) electrons. The summed E-state index contributed by atoms with van der Waals surface area (Å²) in [5, 5.41) is 8.50. The number of likely N-dealkylation sites (tertiary alicyclic amines) is 1. The highest BCUT2D eigenvalue weighted by Crippen LogP contribution is 2.29.